The standard InChI is InChI=1S/C19H26O7.C3H8O2/c1-5-8-10-25-15(4)13-26-19(17(20)23-6-2,18(21)24-7-3)12-16-9-11-22-14-16;1-3(2,4)5/h1,9,11,14-15H,6-8,10,12-13H2,2-4H3;4-5H,1-2H3. The topological polar surface area (TPSA) is 125 Å². The number of carbonyl (C=O) groups excluding carboxylic acids is 2. The summed E-state index contributed by atoms with van der Waals surface area (Å²) in [5.74, 6) is -0.649. The zero-order chi connectivity index (χ0) is 23.9. The minimum absolute atomic E-state index is 0.0138. The highest BCUT2D eigenvalue weighted by Crippen LogP contribution is 2.24. The lowest BCUT2D eigenvalue weighted by atomic mass is 9.95. The average Bonchev–Trinajstić information content (AvgIpc) is 3.17. The molecule has 1 heterocycles. The number of hydrogen-bond donors (Lipinski definition) is 2. The van der Waals surface area contributed by atoms with E-state index < -0.39 is 23.3 Å². The van der Waals surface area contributed by atoms with E-state index >= 15 is 0 Å². The molecule has 0 aromatic carbocycles. The second-order valence-electron chi connectivity index (χ2n) is 7.02. The van der Waals surface area contributed by atoms with Gasteiger partial charge < -0.3 is 33.6 Å². The monoisotopic (exact) mass is 442 g/mol. The summed E-state index contributed by atoms with van der Waals surface area (Å²) >= 11 is 0. The van der Waals surface area contributed by atoms with Crippen molar-refractivity contribution in [2.45, 2.75) is 65.0 Å². The van der Waals surface area contributed by atoms with Gasteiger partial charge in [-0.3, -0.25) is 0 Å². The molecule has 0 aliphatic heterocycles. The summed E-state index contributed by atoms with van der Waals surface area (Å²) in [6, 6.07) is 1.64. The van der Waals surface area contributed by atoms with Crippen molar-refractivity contribution in [3.63, 3.8) is 0 Å². The van der Waals surface area contributed by atoms with Gasteiger partial charge in [0.15, 0.2) is 5.79 Å². The first-order valence-electron chi connectivity index (χ1n) is 9.99. The minimum Gasteiger partial charge on any atom is -0.472 e. The Morgan fingerprint density at radius 2 is 1.74 bits per heavy atom. The lowest BCUT2D eigenvalue weighted by molar-refractivity contribution is -0.194. The smallest absolute Gasteiger partial charge is 0.350 e. The van der Waals surface area contributed by atoms with Gasteiger partial charge in [0.2, 0.25) is 0 Å². The van der Waals surface area contributed by atoms with Gasteiger partial charge in [-0.2, -0.15) is 0 Å². The Bertz CT molecular complexity index is 644. The van der Waals surface area contributed by atoms with E-state index in [1.54, 1.807) is 26.8 Å². The highest BCUT2D eigenvalue weighted by atomic mass is 16.6. The summed E-state index contributed by atoms with van der Waals surface area (Å²) in [4.78, 5) is 25.3. The van der Waals surface area contributed by atoms with Gasteiger partial charge in [0, 0.05) is 12.8 Å². The molecule has 176 valence electrons. The number of furan rings is 1. The quantitative estimate of drug-likeness (QED) is 0.164. The van der Waals surface area contributed by atoms with Crippen molar-refractivity contribution in [3.8, 4) is 12.3 Å². The summed E-state index contributed by atoms with van der Waals surface area (Å²) in [6.45, 7) is 8.20. The average molecular weight is 443 g/mol. The van der Waals surface area contributed by atoms with E-state index in [9.17, 15) is 9.59 Å². The highest BCUT2D eigenvalue weighted by Gasteiger charge is 2.51. The molecule has 0 saturated heterocycles. The Balaban J connectivity index is 0.00000161. The molecule has 2 N–H and O–H groups in total. The van der Waals surface area contributed by atoms with Gasteiger partial charge in [-0.15, -0.1) is 12.3 Å². The molecular weight excluding hydrogens is 408 g/mol. The maximum Gasteiger partial charge on any atom is 0.350 e. The molecule has 31 heavy (non-hydrogen) atoms. The van der Waals surface area contributed by atoms with Gasteiger partial charge in [-0.05, 0) is 46.2 Å². The van der Waals surface area contributed by atoms with Crippen molar-refractivity contribution < 1.29 is 43.2 Å². The second-order valence-corrected chi connectivity index (χ2v) is 7.02. The van der Waals surface area contributed by atoms with Crippen molar-refractivity contribution in [2.75, 3.05) is 26.4 Å². The van der Waals surface area contributed by atoms with E-state index in [0.29, 0.717) is 18.6 Å². The van der Waals surface area contributed by atoms with Crippen LogP contribution in [0.2, 0.25) is 0 Å². The molecule has 1 rings (SSSR count). The fourth-order valence-electron chi connectivity index (χ4n) is 2.20. The molecular formula is C22H34O9. The molecule has 0 radical (unpaired) electrons. The third-order valence-electron chi connectivity index (χ3n) is 3.46. The Hall–Kier alpha value is -2.38. The number of terminal acetylenes is 1. The molecule has 0 saturated carbocycles. The summed E-state index contributed by atoms with van der Waals surface area (Å²) in [6.07, 6.45) is 8.08. The van der Waals surface area contributed by atoms with Crippen LogP contribution in [0.4, 0.5) is 0 Å². The first-order chi connectivity index (χ1) is 14.5. The summed E-state index contributed by atoms with van der Waals surface area (Å²) in [7, 11) is 0. The van der Waals surface area contributed by atoms with Crippen LogP contribution in [-0.4, -0.2) is 66.1 Å². The van der Waals surface area contributed by atoms with Crippen LogP contribution in [0.15, 0.2) is 23.0 Å². The number of ether oxygens (including phenoxy) is 4. The minimum atomic E-state index is -1.93. The third kappa shape index (κ3) is 12.2. The molecule has 0 fully saturated rings. The number of carbonyl (C=O) groups is 2. The van der Waals surface area contributed by atoms with E-state index in [2.05, 4.69) is 5.92 Å². The molecule has 1 aromatic rings. The summed E-state index contributed by atoms with van der Waals surface area (Å²) < 4.78 is 26.5. The number of esters is 2. The fourth-order valence-corrected chi connectivity index (χ4v) is 2.20. The zero-order valence-corrected chi connectivity index (χ0v) is 18.9. The number of hydrogen-bond acceptors (Lipinski definition) is 9. The van der Waals surface area contributed by atoms with Crippen LogP contribution in [0, 0.1) is 12.3 Å². The molecule has 1 unspecified atom stereocenters. The normalized spacial score (nSPS) is 12.2. The Kier molecular flexibility index (Phi) is 13.5. The van der Waals surface area contributed by atoms with Crippen LogP contribution in [-0.2, 0) is 35.0 Å². The van der Waals surface area contributed by atoms with Gasteiger partial charge in [-0.25, -0.2) is 9.59 Å². The van der Waals surface area contributed by atoms with Gasteiger partial charge in [0.1, 0.15) is 0 Å². The van der Waals surface area contributed by atoms with Gasteiger partial charge >= 0.3 is 11.9 Å². The predicted octanol–water partition coefficient (Wildman–Crippen LogP) is 1.84. The van der Waals surface area contributed by atoms with E-state index in [4.69, 9.17) is 40.0 Å². The molecule has 1 atom stereocenters. The molecule has 1 aromatic heterocycles. The molecule has 0 spiro atoms. The molecule has 0 aliphatic rings. The lowest BCUT2D eigenvalue weighted by Crippen LogP contribution is -2.54. The Morgan fingerprint density at radius 3 is 2.16 bits per heavy atom. The van der Waals surface area contributed by atoms with Crippen LogP contribution >= 0.6 is 0 Å². The molecule has 9 heteroatoms. The predicted molar refractivity (Wildman–Crippen MR) is 112 cm³/mol. The first kappa shape index (κ1) is 28.6. The van der Waals surface area contributed by atoms with Crippen molar-refractivity contribution in [1.82, 2.24) is 0 Å². The maximum absolute atomic E-state index is 12.6. The van der Waals surface area contributed by atoms with Crippen molar-refractivity contribution in [1.29, 1.82) is 0 Å². The highest BCUT2D eigenvalue weighted by molar-refractivity contribution is 6.04. The lowest BCUT2D eigenvalue weighted by Gasteiger charge is -2.30. The molecule has 0 amide bonds. The first-order valence-corrected chi connectivity index (χ1v) is 9.99. The summed E-state index contributed by atoms with van der Waals surface area (Å²) in [5.41, 5.74) is -1.33. The van der Waals surface area contributed by atoms with Gasteiger partial charge in [0.25, 0.3) is 5.60 Å². The number of rotatable bonds is 12. The van der Waals surface area contributed by atoms with E-state index in [-0.39, 0.29) is 32.3 Å². The summed E-state index contributed by atoms with van der Waals surface area (Å²) in [5, 5.41) is 16.2. The molecule has 0 bridgehead atoms. The van der Waals surface area contributed by atoms with Crippen molar-refractivity contribution in [3.05, 3.63) is 24.2 Å². The van der Waals surface area contributed by atoms with Crippen LogP contribution in [0.1, 0.15) is 46.6 Å². The Labute approximate surface area is 183 Å². The van der Waals surface area contributed by atoms with Crippen molar-refractivity contribution in [2.24, 2.45) is 0 Å². The van der Waals surface area contributed by atoms with Crippen LogP contribution in [0.3, 0.4) is 0 Å². The Morgan fingerprint density at radius 1 is 1.19 bits per heavy atom. The molecule has 9 nitrogen and oxygen atoms in total. The van der Waals surface area contributed by atoms with Crippen LogP contribution in [0.25, 0.3) is 0 Å². The second kappa shape index (κ2) is 14.6. The molecule has 0 aliphatic carbocycles. The van der Waals surface area contributed by atoms with E-state index in [0.717, 1.165) is 0 Å². The van der Waals surface area contributed by atoms with E-state index in [1.807, 2.05) is 0 Å². The van der Waals surface area contributed by atoms with Crippen molar-refractivity contribution >= 4 is 11.9 Å². The largest absolute Gasteiger partial charge is 0.472 e. The SMILES string of the molecule is C#CCCOC(C)COC(Cc1ccoc1)(C(=O)OCC)C(=O)OCC.CC(C)(O)O. The van der Waals surface area contributed by atoms with Gasteiger partial charge in [-0.1, -0.05) is 0 Å². The van der Waals surface area contributed by atoms with Crippen LogP contribution in [0.5, 0.6) is 0 Å². The van der Waals surface area contributed by atoms with Gasteiger partial charge in [0.05, 0.1) is 45.1 Å². The fraction of sp³-hybridized carbons (Fsp3) is 0.636. The maximum atomic E-state index is 12.6. The zero-order valence-electron chi connectivity index (χ0n) is 18.9. The number of aliphatic hydroxyl groups is 2. The third-order valence-corrected chi connectivity index (χ3v) is 3.46. The van der Waals surface area contributed by atoms with Crippen LogP contribution < -0.4 is 0 Å². The van der Waals surface area contributed by atoms with E-state index in [1.165, 1.54) is 26.4 Å².